The van der Waals surface area contributed by atoms with Crippen LogP contribution in [0.5, 0.6) is 0 Å². The standard InChI is InChI=1S/C38H44N8O4S3/c1-7-45(31-15-11-29(12-16-31)39-41-37-43(5)33-19-9-27(3)25-35(33)51-37)21-23-49-53(47,48)50-24-22-46(8-2)32-17-13-30(14-18-32)40-42-38-44(6)34-20-10-28(4)26-36(34)52-38/h9-20,25-26H,7-8,21-24H2,1-6H3/q+2. The second-order valence-electron chi connectivity index (χ2n) is 12.5. The summed E-state index contributed by atoms with van der Waals surface area (Å²) in [5, 5.41) is 19.5. The number of benzene rings is 4. The third-order valence-corrected chi connectivity index (χ3v) is 11.9. The molecule has 2 heterocycles. The van der Waals surface area contributed by atoms with E-state index in [0.29, 0.717) is 26.2 Å². The van der Waals surface area contributed by atoms with E-state index < -0.39 is 10.4 Å². The SMILES string of the molecule is CCN(CCOS(=O)(=O)OCCN(CC)c1ccc(N=Nc2sc3cc(C)ccc3[n+]2C)cc1)c1ccc(N=Nc2sc3cc(C)ccc3[n+]2C)cc1. The number of thiazole rings is 2. The molecular formula is C38H44N8O4S3+2. The highest BCUT2D eigenvalue weighted by atomic mass is 32.3. The molecule has 0 radical (unpaired) electrons. The first-order valence-corrected chi connectivity index (χ1v) is 20.4. The van der Waals surface area contributed by atoms with Crippen molar-refractivity contribution in [1.82, 2.24) is 0 Å². The maximum absolute atomic E-state index is 12.6. The van der Waals surface area contributed by atoms with E-state index in [9.17, 15) is 8.42 Å². The van der Waals surface area contributed by atoms with Gasteiger partial charge < -0.3 is 9.80 Å². The molecule has 0 saturated carbocycles. The van der Waals surface area contributed by atoms with Crippen LogP contribution in [-0.4, -0.2) is 47.8 Å². The Morgan fingerprint density at radius 2 is 1.00 bits per heavy atom. The predicted octanol–water partition coefficient (Wildman–Crippen LogP) is 8.84. The summed E-state index contributed by atoms with van der Waals surface area (Å²) in [7, 11) is -0.201. The van der Waals surface area contributed by atoms with Crippen molar-refractivity contribution in [1.29, 1.82) is 0 Å². The van der Waals surface area contributed by atoms with E-state index in [1.165, 1.54) is 20.5 Å². The van der Waals surface area contributed by atoms with Gasteiger partial charge in [0.15, 0.2) is 0 Å². The maximum Gasteiger partial charge on any atom is 0.409 e. The fourth-order valence-corrected chi connectivity index (χ4v) is 8.57. The molecule has 0 N–H and O–H groups in total. The van der Waals surface area contributed by atoms with Gasteiger partial charge >= 0.3 is 20.7 Å². The van der Waals surface area contributed by atoms with E-state index in [1.807, 2.05) is 95.4 Å². The van der Waals surface area contributed by atoms with Crippen molar-refractivity contribution in [2.45, 2.75) is 27.7 Å². The lowest BCUT2D eigenvalue weighted by molar-refractivity contribution is -0.628. The van der Waals surface area contributed by atoms with E-state index in [4.69, 9.17) is 8.37 Å². The predicted molar refractivity (Wildman–Crippen MR) is 213 cm³/mol. The van der Waals surface area contributed by atoms with Gasteiger partial charge in [-0.05, 0) is 145 Å². The van der Waals surface area contributed by atoms with E-state index in [0.717, 1.165) is 44.0 Å². The van der Waals surface area contributed by atoms with E-state index in [1.54, 1.807) is 22.7 Å². The molecule has 0 saturated heterocycles. The Morgan fingerprint density at radius 1 is 0.604 bits per heavy atom. The average Bonchev–Trinajstić information content (AvgIpc) is 3.64. The number of aryl methyl sites for hydroxylation is 4. The molecule has 0 fully saturated rings. The highest BCUT2D eigenvalue weighted by Crippen LogP contribution is 2.30. The average molecular weight is 773 g/mol. The van der Waals surface area contributed by atoms with Crippen molar-refractivity contribution in [3.05, 3.63) is 96.1 Å². The Labute approximate surface area is 318 Å². The Morgan fingerprint density at radius 3 is 1.38 bits per heavy atom. The molecular weight excluding hydrogens is 729 g/mol. The maximum atomic E-state index is 12.6. The number of fused-ring (bicyclic) bond motifs is 2. The van der Waals surface area contributed by atoms with Crippen LogP contribution in [0.15, 0.2) is 105 Å². The molecule has 4 aromatic carbocycles. The summed E-state index contributed by atoms with van der Waals surface area (Å²) in [4.78, 5) is 4.05. The lowest BCUT2D eigenvalue weighted by Crippen LogP contribution is -2.30. The van der Waals surface area contributed by atoms with Crippen LogP contribution < -0.4 is 18.9 Å². The smallest absolute Gasteiger partial charge is 0.369 e. The summed E-state index contributed by atoms with van der Waals surface area (Å²) in [6.07, 6.45) is 0. The van der Waals surface area contributed by atoms with Gasteiger partial charge in [0.25, 0.3) is 0 Å². The minimum atomic E-state index is -4.18. The number of nitrogens with zero attached hydrogens (tertiary/aromatic N) is 8. The second-order valence-corrected chi connectivity index (χ2v) is 15.8. The highest BCUT2D eigenvalue weighted by Gasteiger charge is 2.18. The summed E-state index contributed by atoms with van der Waals surface area (Å²) >= 11 is 3.20. The fourth-order valence-electron chi connectivity index (χ4n) is 5.81. The first kappa shape index (κ1) is 38.1. The molecule has 0 aliphatic carbocycles. The highest BCUT2D eigenvalue weighted by molar-refractivity contribution is 7.81. The van der Waals surface area contributed by atoms with Crippen molar-refractivity contribution < 1.29 is 25.9 Å². The Kier molecular flexibility index (Phi) is 12.2. The number of anilines is 2. The van der Waals surface area contributed by atoms with Gasteiger partial charge in [-0.2, -0.15) is 8.42 Å². The molecule has 6 aromatic rings. The lowest BCUT2D eigenvalue weighted by Gasteiger charge is -2.23. The summed E-state index contributed by atoms with van der Waals surface area (Å²) < 4.78 is 42.0. The molecule has 53 heavy (non-hydrogen) atoms. The lowest BCUT2D eigenvalue weighted by atomic mass is 10.2. The zero-order chi connectivity index (χ0) is 37.5. The number of hydrogen-bond acceptors (Lipinski definition) is 12. The first-order valence-electron chi connectivity index (χ1n) is 17.4. The molecule has 276 valence electrons. The molecule has 6 rings (SSSR count). The zero-order valence-electron chi connectivity index (χ0n) is 30.8. The minimum absolute atomic E-state index is 0.0494. The van der Waals surface area contributed by atoms with Crippen molar-refractivity contribution in [2.24, 2.45) is 34.6 Å². The molecule has 12 nitrogen and oxygen atoms in total. The molecule has 2 aromatic heterocycles. The molecule has 0 bridgehead atoms. The van der Waals surface area contributed by atoms with Crippen LogP contribution in [0.3, 0.4) is 0 Å². The third kappa shape index (κ3) is 9.47. The van der Waals surface area contributed by atoms with Crippen molar-refractivity contribution in [3.63, 3.8) is 0 Å². The monoisotopic (exact) mass is 772 g/mol. The van der Waals surface area contributed by atoms with Crippen LogP contribution in [0.4, 0.5) is 33.0 Å². The molecule has 0 unspecified atom stereocenters. The van der Waals surface area contributed by atoms with Gasteiger partial charge in [-0.1, -0.05) is 12.1 Å². The molecule has 0 atom stereocenters. The summed E-state index contributed by atoms with van der Waals surface area (Å²) in [5.41, 5.74) is 7.95. The second kappa shape index (κ2) is 17.0. The summed E-state index contributed by atoms with van der Waals surface area (Å²) in [5.74, 6) is 0. The van der Waals surface area contributed by atoms with Crippen LogP contribution in [0, 0.1) is 13.8 Å². The van der Waals surface area contributed by atoms with Crippen molar-refractivity contribution in [3.8, 4) is 0 Å². The Balaban J connectivity index is 0.957. The van der Waals surface area contributed by atoms with Gasteiger partial charge in [0.05, 0.1) is 46.9 Å². The molecule has 0 aliphatic heterocycles. The van der Waals surface area contributed by atoms with Gasteiger partial charge in [0, 0.05) is 37.6 Å². The van der Waals surface area contributed by atoms with Crippen LogP contribution >= 0.6 is 22.7 Å². The topological polar surface area (TPSA) is 116 Å². The normalized spacial score (nSPS) is 12.2. The van der Waals surface area contributed by atoms with Crippen LogP contribution in [-0.2, 0) is 32.9 Å². The minimum Gasteiger partial charge on any atom is -0.369 e. The van der Waals surface area contributed by atoms with E-state index in [2.05, 4.69) is 70.7 Å². The van der Waals surface area contributed by atoms with Gasteiger partial charge in [0.1, 0.15) is 22.4 Å². The summed E-state index contributed by atoms with van der Waals surface area (Å²) in [6.45, 7) is 10.1. The summed E-state index contributed by atoms with van der Waals surface area (Å²) in [6, 6.07) is 28.0. The number of hydrogen-bond donors (Lipinski definition) is 0. The third-order valence-electron chi connectivity index (χ3n) is 8.80. The van der Waals surface area contributed by atoms with E-state index in [-0.39, 0.29) is 13.2 Å². The fraction of sp³-hybridized carbons (Fsp3) is 0.316. The molecule has 0 amide bonds. The van der Waals surface area contributed by atoms with Gasteiger partial charge in [-0.3, -0.25) is 0 Å². The van der Waals surface area contributed by atoms with Gasteiger partial charge in [0.2, 0.25) is 0 Å². The number of rotatable bonds is 16. The Hall–Kier alpha value is -4.67. The zero-order valence-corrected chi connectivity index (χ0v) is 33.2. The molecule has 15 heteroatoms. The quantitative estimate of drug-likeness (QED) is 0.0717. The number of azo groups is 2. The van der Waals surface area contributed by atoms with Crippen LogP contribution in [0.25, 0.3) is 20.4 Å². The van der Waals surface area contributed by atoms with Gasteiger partial charge in [-0.15, -0.1) is 0 Å². The molecule has 0 aliphatic rings. The van der Waals surface area contributed by atoms with Crippen molar-refractivity contribution in [2.75, 3.05) is 49.2 Å². The van der Waals surface area contributed by atoms with Crippen LogP contribution in [0.1, 0.15) is 25.0 Å². The van der Waals surface area contributed by atoms with Crippen LogP contribution in [0.2, 0.25) is 0 Å². The number of aromatic nitrogens is 2. The first-order chi connectivity index (χ1) is 25.5. The van der Waals surface area contributed by atoms with Crippen molar-refractivity contribution >= 4 is 86.5 Å². The molecule has 0 spiro atoms. The number of likely N-dealkylation sites (N-methyl/N-ethyl adjacent to an activating group) is 2. The van der Waals surface area contributed by atoms with Gasteiger partial charge in [-0.25, -0.2) is 17.5 Å². The largest absolute Gasteiger partial charge is 0.409 e. The van der Waals surface area contributed by atoms with E-state index >= 15 is 0 Å². The Bertz CT molecular complexity index is 2200.